The van der Waals surface area contributed by atoms with Gasteiger partial charge in [-0.25, -0.2) is 4.79 Å². The first-order valence-corrected chi connectivity index (χ1v) is 7.89. The number of methoxy groups -OCH3 is 1. The van der Waals surface area contributed by atoms with E-state index in [4.69, 9.17) is 4.74 Å². The Morgan fingerprint density at radius 1 is 1.17 bits per heavy atom. The maximum absolute atomic E-state index is 12.4. The number of amides is 1. The zero-order valence-electron chi connectivity index (χ0n) is 13.5. The summed E-state index contributed by atoms with van der Waals surface area (Å²) in [5.41, 5.74) is 2.23. The lowest BCUT2D eigenvalue weighted by molar-refractivity contribution is 0.0600. The average molecular weight is 325 g/mol. The molecule has 0 atom stereocenters. The quantitative estimate of drug-likeness (QED) is 0.875. The van der Waals surface area contributed by atoms with Crippen molar-refractivity contribution in [3.05, 3.63) is 53.9 Å². The largest absolute Gasteiger partial charge is 0.465 e. The predicted octanol–water partition coefficient (Wildman–Crippen LogP) is 2.72. The van der Waals surface area contributed by atoms with Crippen molar-refractivity contribution in [1.82, 2.24) is 4.98 Å². The van der Waals surface area contributed by atoms with Gasteiger partial charge in [-0.1, -0.05) is 6.07 Å². The van der Waals surface area contributed by atoms with Gasteiger partial charge in [-0.15, -0.1) is 0 Å². The lowest BCUT2D eigenvalue weighted by Crippen LogP contribution is -2.22. The summed E-state index contributed by atoms with van der Waals surface area (Å²) in [6.45, 7) is 1.87. The summed E-state index contributed by atoms with van der Waals surface area (Å²) in [6.07, 6.45) is 3.81. The third kappa shape index (κ3) is 3.37. The molecule has 2 aromatic rings. The molecule has 0 aliphatic carbocycles. The van der Waals surface area contributed by atoms with Crippen LogP contribution in [0.2, 0.25) is 0 Å². The summed E-state index contributed by atoms with van der Waals surface area (Å²) < 4.78 is 4.77. The predicted molar refractivity (Wildman–Crippen MR) is 91.4 cm³/mol. The molecule has 6 nitrogen and oxygen atoms in total. The number of carbonyl (C=O) groups excluding carboxylic acids is 2. The molecular weight excluding hydrogens is 306 g/mol. The van der Waals surface area contributed by atoms with E-state index in [0.717, 1.165) is 31.6 Å². The van der Waals surface area contributed by atoms with Gasteiger partial charge in [-0.3, -0.25) is 9.78 Å². The van der Waals surface area contributed by atoms with E-state index >= 15 is 0 Å². The highest BCUT2D eigenvalue weighted by molar-refractivity contribution is 6.05. The average Bonchev–Trinajstić information content (AvgIpc) is 3.16. The van der Waals surface area contributed by atoms with Crippen LogP contribution >= 0.6 is 0 Å². The second-order valence-electron chi connectivity index (χ2n) is 5.59. The van der Waals surface area contributed by atoms with E-state index in [1.165, 1.54) is 7.11 Å². The molecule has 0 spiro atoms. The van der Waals surface area contributed by atoms with Crippen LogP contribution in [-0.4, -0.2) is 37.1 Å². The molecule has 1 N–H and O–H groups in total. The van der Waals surface area contributed by atoms with Crippen molar-refractivity contribution < 1.29 is 14.3 Å². The molecule has 6 heteroatoms. The maximum Gasteiger partial charge on any atom is 0.337 e. The van der Waals surface area contributed by atoms with E-state index in [0.29, 0.717) is 16.9 Å². The van der Waals surface area contributed by atoms with Crippen molar-refractivity contribution >= 4 is 23.3 Å². The molecule has 0 saturated carbocycles. The fourth-order valence-electron chi connectivity index (χ4n) is 2.80. The highest BCUT2D eigenvalue weighted by Gasteiger charge is 2.19. The molecular formula is C18H19N3O3. The minimum Gasteiger partial charge on any atom is -0.465 e. The Morgan fingerprint density at radius 2 is 1.96 bits per heavy atom. The van der Waals surface area contributed by atoms with Crippen LogP contribution in [-0.2, 0) is 4.74 Å². The molecule has 1 fully saturated rings. The van der Waals surface area contributed by atoms with Crippen molar-refractivity contribution in [1.29, 1.82) is 0 Å². The van der Waals surface area contributed by atoms with Crippen molar-refractivity contribution in [2.75, 3.05) is 30.4 Å². The third-order valence-corrected chi connectivity index (χ3v) is 4.01. The molecule has 124 valence electrons. The van der Waals surface area contributed by atoms with Crippen LogP contribution in [0.25, 0.3) is 0 Å². The van der Waals surface area contributed by atoms with Crippen LogP contribution in [0.15, 0.2) is 42.6 Å². The lowest BCUT2D eigenvalue weighted by Gasteiger charge is -2.22. The van der Waals surface area contributed by atoms with Gasteiger partial charge in [0.1, 0.15) is 5.69 Å². The summed E-state index contributed by atoms with van der Waals surface area (Å²) >= 11 is 0. The Hall–Kier alpha value is -2.89. The number of benzene rings is 1. The second-order valence-corrected chi connectivity index (χ2v) is 5.59. The van der Waals surface area contributed by atoms with Gasteiger partial charge in [0.2, 0.25) is 0 Å². The van der Waals surface area contributed by atoms with E-state index in [1.807, 2.05) is 6.07 Å². The molecule has 1 aromatic heterocycles. The van der Waals surface area contributed by atoms with Crippen molar-refractivity contribution in [2.24, 2.45) is 0 Å². The minimum atomic E-state index is -0.434. The molecule has 1 amide bonds. The summed E-state index contributed by atoms with van der Waals surface area (Å²) in [7, 11) is 1.34. The number of rotatable bonds is 4. The van der Waals surface area contributed by atoms with E-state index in [2.05, 4.69) is 15.2 Å². The van der Waals surface area contributed by atoms with Crippen LogP contribution in [0.3, 0.4) is 0 Å². The van der Waals surface area contributed by atoms with Crippen molar-refractivity contribution in [3.8, 4) is 0 Å². The van der Waals surface area contributed by atoms with E-state index < -0.39 is 5.97 Å². The van der Waals surface area contributed by atoms with Crippen molar-refractivity contribution in [3.63, 3.8) is 0 Å². The van der Waals surface area contributed by atoms with Crippen LogP contribution in [0.1, 0.15) is 33.7 Å². The van der Waals surface area contributed by atoms with Gasteiger partial charge in [0.05, 0.1) is 24.0 Å². The van der Waals surface area contributed by atoms with E-state index in [9.17, 15) is 9.59 Å². The van der Waals surface area contributed by atoms with Gasteiger partial charge in [0.15, 0.2) is 0 Å². The molecule has 2 heterocycles. The number of esters is 1. The number of ether oxygens (including phenoxy) is 1. The number of nitrogens with zero attached hydrogens (tertiary/aromatic N) is 2. The summed E-state index contributed by atoms with van der Waals surface area (Å²) in [6, 6.07) is 10.4. The second kappa shape index (κ2) is 7.12. The Kier molecular flexibility index (Phi) is 4.74. The molecule has 24 heavy (non-hydrogen) atoms. The van der Waals surface area contributed by atoms with Gasteiger partial charge in [-0.2, -0.15) is 0 Å². The summed E-state index contributed by atoms with van der Waals surface area (Å²) in [4.78, 5) is 30.5. The van der Waals surface area contributed by atoms with Gasteiger partial charge >= 0.3 is 5.97 Å². The first kappa shape index (κ1) is 16.0. The monoisotopic (exact) mass is 325 g/mol. The van der Waals surface area contributed by atoms with E-state index in [1.54, 1.807) is 36.5 Å². The van der Waals surface area contributed by atoms with Crippen LogP contribution in [0, 0.1) is 0 Å². The molecule has 1 saturated heterocycles. The number of hydrogen-bond acceptors (Lipinski definition) is 5. The molecule has 1 aliphatic heterocycles. The smallest absolute Gasteiger partial charge is 0.337 e. The number of carbonyl (C=O) groups is 2. The SMILES string of the molecule is COC(=O)c1ccc(N2CCCC2)c(NC(=O)c2ccccn2)c1. The highest BCUT2D eigenvalue weighted by atomic mass is 16.5. The molecule has 1 aromatic carbocycles. The number of nitrogens with one attached hydrogen (secondary N) is 1. The first-order chi connectivity index (χ1) is 11.7. The Bertz CT molecular complexity index is 740. The van der Waals surface area contributed by atoms with Crippen LogP contribution in [0.5, 0.6) is 0 Å². The summed E-state index contributed by atoms with van der Waals surface area (Å²) in [5, 5.41) is 2.87. The fourth-order valence-corrected chi connectivity index (χ4v) is 2.80. The zero-order valence-corrected chi connectivity index (χ0v) is 13.5. The maximum atomic E-state index is 12.4. The Balaban J connectivity index is 1.92. The number of hydrogen-bond donors (Lipinski definition) is 1. The molecule has 1 aliphatic rings. The number of anilines is 2. The number of pyridine rings is 1. The fraction of sp³-hybridized carbons (Fsp3) is 0.278. The minimum absolute atomic E-state index is 0.307. The third-order valence-electron chi connectivity index (χ3n) is 4.01. The normalized spacial score (nSPS) is 13.6. The lowest BCUT2D eigenvalue weighted by atomic mass is 10.1. The molecule has 0 unspecified atom stereocenters. The standard InChI is InChI=1S/C18H19N3O3/c1-24-18(23)13-7-8-16(21-10-4-5-11-21)15(12-13)20-17(22)14-6-2-3-9-19-14/h2-3,6-9,12H,4-5,10-11H2,1H3,(H,20,22). The van der Waals surface area contributed by atoms with Crippen LogP contribution < -0.4 is 10.2 Å². The van der Waals surface area contributed by atoms with Crippen molar-refractivity contribution in [2.45, 2.75) is 12.8 Å². The Morgan fingerprint density at radius 3 is 2.62 bits per heavy atom. The van der Waals surface area contributed by atoms with Gasteiger partial charge < -0.3 is 15.0 Å². The van der Waals surface area contributed by atoms with Gasteiger partial charge in [-0.05, 0) is 43.2 Å². The molecule has 3 rings (SSSR count). The Labute approximate surface area is 140 Å². The topological polar surface area (TPSA) is 71.5 Å². The zero-order chi connectivity index (χ0) is 16.9. The highest BCUT2D eigenvalue weighted by Crippen LogP contribution is 2.30. The van der Waals surface area contributed by atoms with Crippen LogP contribution in [0.4, 0.5) is 11.4 Å². The van der Waals surface area contributed by atoms with E-state index in [-0.39, 0.29) is 5.91 Å². The number of aromatic nitrogens is 1. The summed E-state index contributed by atoms with van der Waals surface area (Å²) in [5.74, 6) is -0.741. The molecule has 0 radical (unpaired) electrons. The van der Waals surface area contributed by atoms with Gasteiger partial charge in [0, 0.05) is 19.3 Å². The molecule has 0 bridgehead atoms. The first-order valence-electron chi connectivity index (χ1n) is 7.89. The van der Waals surface area contributed by atoms with Gasteiger partial charge in [0.25, 0.3) is 5.91 Å².